The van der Waals surface area contributed by atoms with Crippen LogP contribution in [0.15, 0.2) is 0 Å². The van der Waals surface area contributed by atoms with Gasteiger partial charge in [0.25, 0.3) is 0 Å². The average Bonchev–Trinajstić information content (AvgIpc) is 2.26. The second kappa shape index (κ2) is 7.37. The molecule has 2 N–H and O–H groups in total. The van der Waals surface area contributed by atoms with Gasteiger partial charge in [0.05, 0.1) is 5.54 Å². The van der Waals surface area contributed by atoms with Gasteiger partial charge in [0.2, 0.25) is 0 Å². The molecule has 0 fully saturated rings. The Labute approximate surface area is 102 Å². The van der Waals surface area contributed by atoms with Crippen LogP contribution in [0.2, 0.25) is 0 Å². The monoisotopic (exact) mass is 246 g/mol. The molecule has 0 aromatic rings. The van der Waals surface area contributed by atoms with E-state index in [1.54, 1.807) is 0 Å². The fourth-order valence-corrected chi connectivity index (χ4v) is 2.27. The number of hydrogen-bond acceptors (Lipinski definition) is 3. The molecule has 2 atom stereocenters. The Balaban J connectivity index is 4.14. The van der Waals surface area contributed by atoms with Crippen LogP contribution in [-0.4, -0.2) is 42.5 Å². The highest BCUT2D eigenvalue weighted by Gasteiger charge is 2.34. The van der Waals surface area contributed by atoms with E-state index >= 15 is 0 Å². The number of nitrogens with zero attached hydrogens (tertiary/aromatic N) is 1. The third-order valence-corrected chi connectivity index (χ3v) is 4.05. The molecule has 0 saturated carbocycles. The first-order valence-corrected chi connectivity index (χ1v) is 6.90. The van der Waals surface area contributed by atoms with Crippen molar-refractivity contribution in [2.45, 2.75) is 39.2 Å². The third-order valence-electron chi connectivity index (χ3n) is 3.37. The van der Waals surface area contributed by atoms with Crippen molar-refractivity contribution in [1.82, 2.24) is 4.90 Å². The summed E-state index contributed by atoms with van der Waals surface area (Å²) in [4.78, 5) is 14.3. The highest BCUT2D eigenvalue weighted by Crippen LogP contribution is 2.20. The number of ketones is 1. The number of rotatable bonds is 8. The van der Waals surface area contributed by atoms with Crippen LogP contribution in [0.25, 0.3) is 0 Å². The molecule has 0 aromatic heterocycles. The number of hydrogen-bond donors (Lipinski definition) is 1. The van der Waals surface area contributed by atoms with Crippen LogP contribution < -0.4 is 5.73 Å². The van der Waals surface area contributed by atoms with Crippen molar-refractivity contribution in [3.8, 4) is 0 Å². The van der Waals surface area contributed by atoms with E-state index in [1.165, 1.54) is 0 Å². The van der Waals surface area contributed by atoms with E-state index in [0.29, 0.717) is 12.6 Å². The lowest BCUT2D eigenvalue weighted by atomic mass is 9.83. The van der Waals surface area contributed by atoms with Gasteiger partial charge in [-0.2, -0.15) is 0 Å². The molecular formula is C12H27N2OP. The molecule has 0 aromatic carbocycles. The van der Waals surface area contributed by atoms with Crippen LogP contribution in [0, 0.1) is 5.92 Å². The Bertz CT molecular complexity index is 221. The minimum absolute atomic E-state index is 0.196. The van der Waals surface area contributed by atoms with Crippen molar-refractivity contribution in [2.75, 3.05) is 26.3 Å². The average molecular weight is 246 g/mol. The van der Waals surface area contributed by atoms with Crippen molar-refractivity contribution < 1.29 is 4.79 Å². The molecule has 16 heavy (non-hydrogen) atoms. The van der Waals surface area contributed by atoms with E-state index in [2.05, 4.69) is 28.1 Å². The van der Waals surface area contributed by atoms with Crippen molar-refractivity contribution in [3.05, 3.63) is 0 Å². The Morgan fingerprint density at radius 3 is 2.44 bits per heavy atom. The van der Waals surface area contributed by atoms with Gasteiger partial charge in [0.1, 0.15) is 0 Å². The molecule has 0 rings (SSSR count). The van der Waals surface area contributed by atoms with Gasteiger partial charge in [0, 0.05) is 6.42 Å². The Kier molecular flexibility index (Phi) is 7.38. The molecule has 0 spiro atoms. The Morgan fingerprint density at radius 2 is 2.06 bits per heavy atom. The zero-order valence-electron chi connectivity index (χ0n) is 11.1. The molecule has 0 bridgehead atoms. The van der Waals surface area contributed by atoms with E-state index < -0.39 is 5.54 Å². The van der Waals surface area contributed by atoms with Crippen molar-refractivity contribution in [2.24, 2.45) is 11.7 Å². The lowest BCUT2D eigenvalue weighted by molar-refractivity contribution is -0.125. The maximum absolute atomic E-state index is 12.1. The summed E-state index contributed by atoms with van der Waals surface area (Å²) in [6.07, 6.45) is 2.14. The summed E-state index contributed by atoms with van der Waals surface area (Å²) < 4.78 is 0. The molecule has 0 saturated heterocycles. The normalized spacial score (nSPS) is 15.5. The fourth-order valence-electron chi connectivity index (χ4n) is 1.57. The molecule has 2 unspecified atom stereocenters. The minimum atomic E-state index is -0.657. The number of carbonyl (C=O) groups excluding carboxylic acids is 1. The molecule has 0 heterocycles. The highest BCUT2D eigenvalue weighted by molar-refractivity contribution is 7.16. The molecule has 0 amide bonds. The molecule has 96 valence electrons. The van der Waals surface area contributed by atoms with Crippen LogP contribution in [0.5, 0.6) is 0 Å². The van der Waals surface area contributed by atoms with Gasteiger partial charge in [0.15, 0.2) is 5.78 Å². The molecule has 4 heteroatoms. The first-order valence-electron chi connectivity index (χ1n) is 6.09. The smallest absolute Gasteiger partial charge is 0.153 e. The minimum Gasteiger partial charge on any atom is -0.318 e. The summed E-state index contributed by atoms with van der Waals surface area (Å²) in [6.45, 7) is 8.13. The molecule has 0 radical (unpaired) electrons. The summed E-state index contributed by atoms with van der Waals surface area (Å²) in [7, 11) is 4.67. The van der Waals surface area contributed by atoms with Gasteiger partial charge >= 0.3 is 0 Å². The Hall–Kier alpha value is 0.0200. The van der Waals surface area contributed by atoms with Crippen LogP contribution >= 0.6 is 9.24 Å². The molecule has 0 aliphatic heterocycles. The van der Waals surface area contributed by atoms with E-state index in [1.807, 2.05) is 13.8 Å². The van der Waals surface area contributed by atoms with Gasteiger partial charge < -0.3 is 10.6 Å². The fraction of sp³-hybridized carbons (Fsp3) is 0.917. The maximum atomic E-state index is 12.1. The van der Waals surface area contributed by atoms with Gasteiger partial charge in [-0.3, -0.25) is 4.79 Å². The third kappa shape index (κ3) is 4.48. The summed E-state index contributed by atoms with van der Waals surface area (Å²) >= 11 is 0. The van der Waals surface area contributed by atoms with Gasteiger partial charge in [-0.05, 0) is 38.6 Å². The van der Waals surface area contributed by atoms with Gasteiger partial charge in [-0.1, -0.05) is 20.8 Å². The van der Waals surface area contributed by atoms with Crippen LogP contribution in [-0.2, 0) is 4.79 Å². The lowest BCUT2D eigenvalue weighted by Crippen LogP contribution is -2.54. The molecule has 0 aliphatic rings. The second-order valence-corrected chi connectivity index (χ2v) is 5.23. The van der Waals surface area contributed by atoms with Crippen molar-refractivity contribution >= 4 is 15.0 Å². The SMILES string of the molecule is CCN(C)CCCC(=O)C(N)(CP)C(C)C. The van der Waals surface area contributed by atoms with Crippen molar-refractivity contribution in [3.63, 3.8) is 0 Å². The first-order chi connectivity index (χ1) is 7.38. The second-order valence-electron chi connectivity index (χ2n) is 4.82. The summed E-state index contributed by atoms with van der Waals surface area (Å²) in [6, 6.07) is 0. The van der Waals surface area contributed by atoms with Gasteiger partial charge in [-0.25, -0.2) is 0 Å². The van der Waals surface area contributed by atoms with Crippen LogP contribution in [0.4, 0.5) is 0 Å². The quantitative estimate of drug-likeness (QED) is 0.660. The van der Waals surface area contributed by atoms with E-state index in [-0.39, 0.29) is 11.7 Å². The predicted octanol–water partition coefficient (Wildman–Crippen LogP) is 1.52. The lowest BCUT2D eigenvalue weighted by Gasteiger charge is -2.31. The predicted molar refractivity (Wildman–Crippen MR) is 73.7 cm³/mol. The van der Waals surface area contributed by atoms with Gasteiger partial charge in [-0.15, -0.1) is 9.24 Å². The number of Topliss-reactive ketones (excluding diaryl/α,β-unsaturated/α-hetero) is 1. The zero-order valence-corrected chi connectivity index (χ0v) is 12.3. The molecular weight excluding hydrogens is 219 g/mol. The number of carbonyl (C=O) groups is 1. The maximum Gasteiger partial charge on any atom is 0.153 e. The van der Waals surface area contributed by atoms with Crippen LogP contribution in [0.1, 0.15) is 33.6 Å². The summed E-state index contributed by atoms with van der Waals surface area (Å²) in [5, 5.41) is 0. The zero-order chi connectivity index (χ0) is 12.8. The van der Waals surface area contributed by atoms with Crippen LogP contribution in [0.3, 0.4) is 0 Å². The Morgan fingerprint density at radius 1 is 1.50 bits per heavy atom. The summed E-state index contributed by atoms with van der Waals surface area (Å²) in [5.41, 5.74) is 5.49. The molecule has 0 aliphatic carbocycles. The topological polar surface area (TPSA) is 46.3 Å². The van der Waals surface area contributed by atoms with E-state index in [9.17, 15) is 4.79 Å². The largest absolute Gasteiger partial charge is 0.318 e. The standard InChI is InChI=1S/C12H27N2OP/c1-5-14(4)8-6-7-11(15)12(13,9-16)10(2)3/h10H,5-9,13,16H2,1-4H3. The molecule has 3 nitrogen and oxygen atoms in total. The highest BCUT2D eigenvalue weighted by atomic mass is 31.0. The first kappa shape index (κ1) is 16.0. The van der Waals surface area contributed by atoms with E-state index in [4.69, 9.17) is 5.73 Å². The van der Waals surface area contributed by atoms with Crippen molar-refractivity contribution in [1.29, 1.82) is 0 Å². The summed E-state index contributed by atoms with van der Waals surface area (Å²) in [5.74, 6) is 0.392. The van der Waals surface area contributed by atoms with E-state index in [0.717, 1.165) is 19.5 Å². The number of nitrogens with two attached hydrogens (primary N) is 1.